The fraction of sp³-hybridized carbons (Fsp3) is 0.273. The molecular formula is C11H11BrN2O2. The van der Waals surface area contributed by atoms with E-state index in [1.165, 1.54) is 0 Å². The van der Waals surface area contributed by atoms with Crippen LogP contribution < -0.4 is 0 Å². The summed E-state index contributed by atoms with van der Waals surface area (Å²) in [5, 5.41) is 8.92. The van der Waals surface area contributed by atoms with Crippen LogP contribution in [0.2, 0.25) is 0 Å². The number of rotatable bonds is 3. The summed E-state index contributed by atoms with van der Waals surface area (Å²) in [6.45, 7) is 2.97. The first-order valence-electron chi connectivity index (χ1n) is 5.01. The zero-order chi connectivity index (χ0) is 11.7. The lowest BCUT2D eigenvalue weighted by atomic mass is 10.2. The van der Waals surface area contributed by atoms with E-state index in [0.717, 1.165) is 23.0 Å². The van der Waals surface area contributed by atoms with E-state index in [-0.39, 0.29) is 5.56 Å². The van der Waals surface area contributed by atoms with Gasteiger partial charge in [0.25, 0.3) is 0 Å². The number of benzene rings is 1. The molecular weight excluding hydrogens is 272 g/mol. The van der Waals surface area contributed by atoms with Gasteiger partial charge in [0.15, 0.2) is 0 Å². The molecule has 4 nitrogen and oxygen atoms in total. The molecule has 0 unspecified atom stereocenters. The number of aryl methyl sites for hydroxylation is 1. The zero-order valence-electron chi connectivity index (χ0n) is 8.77. The van der Waals surface area contributed by atoms with Gasteiger partial charge >= 0.3 is 5.97 Å². The Kier molecular flexibility index (Phi) is 2.96. The highest BCUT2D eigenvalue weighted by atomic mass is 79.9. The molecule has 0 atom stereocenters. The lowest BCUT2D eigenvalue weighted by Gasteiger charge is -2.04. The molecule has 84 valence electrons. The Hall–Kier alpha value is -1.36. The van der Waals surface area contributed by atoms with Gasteiger partial charge in [-0.2, -0.15) is 0 Å². The third-order valence-electron chi connectivity index (χ3n) is 2.38. The summed E-state index contributed by atoms with van der Waals surface area (Å²) in [5.74, 6) is -0.937. The molecule has 0 aliphatic rings. The van der Waals surface area contributed by atoms with Crippen molar-refractivity contribution in [3.63, 3.8) is 0 Å². The van der Waals surface area contributed by atoms with Crippen molar-refractivity contribution >= 4 is 32.9 Å². The molecule has 0 radical (unpaired) electrons. The number of imidazole rings is 1. The van der Waals surface area contributed by atoms with Crippen molar-refractivity contribution in [3.05, 3.63) is 28.5 Å². The number of fused-ring (bicyclic) bond motifs is 1. The fourth-order valence-corrected chi connectivity index (χ4v) is 2.37. The lowest BCUT2D eigenvalue weighted by Crippen LogP contribution is -1.98. The molecule has 1 aromatic carbocycles. The molecule has 0 fully saturated rings. The first kappa shape index (κ1) is 11.1. The van der Waals surface area contributed by atoms with Crippen LogP contribution in [0.4, 0.5) is 0 Å². The van der Waals surface area contributed by atoms with E-state index in [1.54, 1.807) is 18.5 Å². The van der Waals surface area contributed by atoms with E-state index in [2.05, 4.69) is 27.8 Å². The van der Waals surface area contributed by atoms with Crippen molar-refractivity contribution in [2.75, 3.05) is 0 Å². The molecule has 0 amide bonds. The van der Waals surface area contributed by atoms with Gasteiger partial charge in [-0.25, -0.2) is 9.78 Å². The predicted octanol–water partition coefficient (Wildman–Crippen LogP) is 2.91. The molecule has 1 aromatic heterocycles. The van der Waals surface area contributed by atoms with E-state index >= 15 is 0 Å². The Bertz CT molecular complexity index is 548. The number of carboxylic acids is 1. The second-order valence-corrected chi connectivity index (χ2v) is 4.42. The number of halogens is 1. The number of carboxylic acid groups (broad SMARTS) is 1. The van der Waals surface area contributed by atoms with Crippen LogP contribution in [0.15, 0.2) is 22.9 Å². The largest absolute Gasteiger partial charge is 0.478 e. The van der Waals surface area contributed by atoms with Crippen molar-refractivity contribution in [3.8, 4) is 0 Å². The van der Waals surface area contributed by atoms with Crippen LogP contribution in [0.1, 0.15) is 23.7 Å². The van der Waals surface area contributed by atoms with Crippen LogP contribution in [-0.4, -0.2) is 20.6 Å². The van der Waals surface area contributed by atoms with Gasteiger partial charge in [-0.3, -0.25) is 0 Å². The van der Waals surface area contributed by atoms with E-state index in [4.69, 9.17) is 5.11 Å². The van der Waals surface area contributed by atoms with E-state index in [1.807, 2.05) is 4.57 Å². The number of aromatic carboxylic acids is 1. The van der Waals surface area contributed by atoms with Crippen LogP contribution in [0.25, 0.3) is 11.0 Å². The standard InChI is InChI=1S/C11H11BrN2O2/c1-2-3-14-6-13-9-5-7(11(15)16)4-8(12)10(9)14/h4-6H,2-3H2,1H3,(H,15,16). The molecule has 16 heavy (non-hydrogen) atoms. The third-order valence-corrected chi connectivity index (χ3v) is 2.98. The highest BCUT2D eigenvalue weighted by Crippen LogP contribution is 2.25. The van der Waals surface area contributed by atoms with Crippen molar-refractivity contribution < 1.29 is 9.90 Å². The molecule has 2 aromatic rings. The molecule has 0 saturated carbocycles. The van der Waals surface area contributed by atoms with Gasteiger partial charge in [-0.1, -0.05) is 6.92 Å². The predicted molar refractivity (Wildman–Crippen MR) is 64.7 cm³/mol. The maximum Gasteiger partial charge on any atom is 0.335 e. The Balaban J connectivity index is 2.64. The molecule has 0 saturated heterocycles. The van der Waals surface area contributed by atoms with Crippen LogP contribution >= 0.6 is 15.9 Å². The first-order chi connectivity index (χ1) is 7.63. The van der Waals surface area contributed by atoms with Gasteiger partial charge in [0.1, 0.15) is 0 Å². The quantitative estimate of drug-likeness (QED) is 0.942. The van der Waals surface area contributed by atoms with Crippen LogP contribution in [0, 0.1) is 0 Å². The monoisotopic (exact) mass is 282 g/mol. The van der Waals surface area contributed by atoms with Crippen molar-refractivity contribution in [1.82, 2.24) is 9.55 Å². The van der Waals surface area contributed by atoms with E-state index in [9.17, 15) is 4.79 Å². The number of hydrogen-bond donors (Lipinski definition) is 1. The molecule has 1 heterocycles. The normalized spacial score (nSPS) is 10.9. The van der Waals surface area contributed by atoms with Gasteiger partial charge in [-0.05, 0) is 34.5 Å². The minimum absolute atomic E-state index is 0.251. The minimum Gasteiger partial charge on any atom is -0.478 e. The Morgan fingerprint density at radius 3 is 2.94 bits per heavy atom. The molecule has 1 N–H and O–H groups in total. The second-order valence-electron chi connectivity index (χ2n) is 3.57. The molecule has 0 aliphatic carbocycles. The molecule has 0 spiro atoms. The number of carbonyl (C=O) groups is 1. The fourth-order valence-electron chi connectivity index (χ4n) is 1.69. The maximum absolute atomic E-state index is 10.9. The van der Waals surface area contributed by atoms with Gasteiger partial charge < -0.3 is 9.67 Å². The van der Waals surface area contributed by atoms with Gasteiger partial charge in [0.05, 0.1) is 22.9 Å². The summed E-state index contributed by atoms with van der Waals surface area (Å²) in [4.78, 5) is 15.1. The average molecular weight is 283 g/mol. The number of aromatic nitrogens is 2. The third kappa shape index (κ3) is 1.82. The summed E-state index contributed by atoms with van der Waals surface area (Å²) < 4.78 is 2.79. The Labute approximate surface area is 101 Å². The summed E-state index contributed by atoms with van der Waals surface area (Å²) in [6, 6.07) is 3.20. The average Bonchev–Trinajstić information content (AvgIpc) is 2.62. The summed E-state index contributed by atoms with van der Waals surface area (Å²) >= 11 is 3.39. The molecule has 5 heteroatoms. The highest BCUT2D eigenvalue weighted by molar-refractivity contribution is 9.10. The summed E-state index contributed by atoms with van der Waals surface area (Å²) in [6.07, 6.45) is 2.75. The van der Waals surface area contributed by atoms with Crippen molar-refractivity contribution in [1.29, 1.82) is 0 Å². The van der Waals surface area contributed by atoms with Crippen LogP contribution in [0.3, 0.4) is 0 Å². The summed E-state index contributed by atoms with van der Waals surface area (Å²) in [5.41, 5.74) is 1.91. The van der Waals surface area contributed by atoms with Crippen molar-refractivity contribution in [2.24, 2.45) is 0 Å². The lowest BCUT2D eigenvalue weighted by molar-refractivity contribution is 0.0697. The smallest absolute Gasteiger partial charge is 0.335 e. The van der Waals surface area contributed by atoms with E-state index < -0.39 is 5.97 Å². The van der Waals surface area contributed by atoms with Gasteiger partial charge in [0, 0.05) is 11.0 Å². The van der Waals surface area contributed by atoms with Gasteiger partial charge in [0.2, 0.25) is 0 Å². The molecule has 0 bridgehead atoms. The molecule has 2 rings (SSSR count). The highest BCUT2D eigenvalue weighted by Gasteiger charge is 2.11. The Morgan fingerprint density at radius 2 is 2.31 bits per heavy atom. The minimum atomic E-state index is -0.937. The number of nitrogens with zero attached hydrogens (tertiary/aromatic N) is 2. The second kappa shape index (κ2) is 4.25. The SMILES string of the molecule is CCCn1cnc2cc(C(=O)O)cc(Br)c21. The molecule has 0 aliphatic heterocycles. The topological polar surface area (TPSA) is 55.1 Å². The number of hydrogen-bond acceptors (Lipinski definition) is 2. The van der Waals surface area contributed by atoms with Crippen molar-refractivity contribution in [2.45, 2.75) is 19.9 Å². The first-order valence-corrected chi connectivity index (χ1v) is 5.80. The Morgan fingerprint density at radius 1 is 1.56 bits per heavy atom. The maximum atomic E-state index is 10.9. The van der Waals surface area contributed by atoms with Gasteiger partial charge in [-0.15, -0.1) is 0 Å². The van der Waals surface area contributed by atoms with E-state index in [0.29, 0.717) is 5.52 Å². The van der Waals surface area contributed by atoms with Crippen LogP contribution in [0.5, 0.6) is 0 Å². The summed E-state index contributed by atoms with van der Waals surface area (Å²) in [7, 11) is 0. The van der Waals surface area contributed by atoms with Crippen LogP contribution in [-0.2, 0) is 6.54 Å². The zero-order valence-corrected chi connectivity index (χ0v) is 10.4.